The molecule has 1 aromatic carbocycles. The number of hydrogen-bond donors (Lipinski definition) is 4. The Bertz CT molecular complexity index is 828. The molecule has 1 aromatic heterocycles. The van der Waals surface area contributed by atoms with E-state index < -0.39 is 22.0 Å². The Morgan fingerprint density at radius 2 is 1.88 bits per heavy atom. The smallest absolute Gasteiger partial charge is 0.328 e. The maximum Gasteiger partial charge on any atom is 0.328 e. The van der Waals surface area contributed by atoms with Crippen LogP contribution in [0.15, 0.2) is 48.9 Å². The van der Waals surface area contributed by atoms with Gasteiger partial charge in [0.05, 0.1) is 12.6 Å². The summed E-state index contributed by atoms with van der Waals surface area (Å²) < 4.78 is 24.7. The number of aromatic nitrogens is 2. The van der Waals surface area contributed by atoms with Crippen LogP contribution >= 0.6 is 0 Å². The van der Waals surface area contributed by atoms with E-state index in [0.29, 0.717) is 24.3 Å². The third kappa shape index (κ3) is 9.56. The van der Waals surface area contributed by atoms with Crippen molar-refractivity contribution in [2.24, 2.45) is 0 Å². The van der Waals surface area contributed by atoms with E-state index in [4.69, 9.17) is 10.2 Å². The SMILES string of the molecule is CS(=O)(=O)Nc1cccc(Cc2cnc[nH]2)c1.O=C(O)/C=C\C(=O)O. The number of hydrogen-bond acceptors (Lipinski definition) is 5. The minimum absolute atomic E-state index is 0.558. The molecule has 10 heteroatoms. The monoisotopic (exact) mass is 367 g/mol. The van der Waals surface area contributed by atoms with Crippen molar-refractivity contribution in [2.45, 2.75) is 6.42 Å². The van der Waals surface area contributed by atoms with E-state index in [1.54, 1.807) is 18.6 Å². The Balaban J connectivity index is 0.000000333. The lowest BCUT2D eigenvalue weighted by molar-refractivity contribution is -0.134. The Kier molecular flexibility index (Phi) is 7.35. The largest absolute Gasteiger partial charge is 0.478 e. The van der Waals surface area contributed by atoms with Crippen LogP contribution in [-0.4, -0.2) is 46.8 Å². The van der Waals surface area contributed by atoms with Gasteiger partial charge in [-0.05, 0) is 17.7 Å². The molecule has 0 aliphatic rings. The van der Waals surface area contributed by atoms with E-state index in [2.05, 4.69) is 14.7 Å². The zero-order chi connectivity index (χ0) is 18.9. The van der Waals surface area contributed by atoms with Gasteiger partial charge in [0.25, 0.3) is 0 Å². The zero-order valence-corrected chi connectivity index (χ0v) is 14.0. The fraction of sp³-hybridized carbons (Fsp3) is 0.133. The van der Waals surface area contributed by atoms with E-state index in [1.807, 2.05) is 18.2 Å². The first-order chi connectivity index (χ1) is 11.7. The molecule has 0 atom stereocenters. The van der Waals surface area contributed by atoms with Crippen molar-refractivity contribution in [1.82, 2.24) is 9.97 Å². The number of H-pyrrole nitrogens is 1. The Labute approximate surface area is 144 Å². The van der Waals surface area contributed by atoms with Crippen LogP contribution in [-0.2, 0) is 26.0 Å². The molecule has 0 radical (unpaired) electrons. The van der Waals surface area contributed by atoms with Gasteiger partial charge < -0.3 is 15.2 Å². The second kappa shape index (κ2) is 9.23. The number of nitrogens with zero attached hydrogens (tertiary/aromatic N) is 1. The molecule has 0 aliphatic heterocycles. The van der Waals surface area contributed by atoms with E-state index in [9.17, 15) is 18.0 Å². The highest BCUT2D eigenvalue weighted by atomic mass is 32.2. The summed E-state index contributed by atoms with van der Waals surface area (Å²) in [6.07, 6.45) is 6.31. The molecule has 0 bridgehead atoms. The first-order valence-electron chi connectivity index (χ1n) is 6.83. The number of carboxylic acids is 2. The maximum absolute atomic E-state index is 11.1. The lowest BCUT2D eigenvalue weighted by Crippen LogP contribution is -2.09. The van der Waals surface area contributed by atoms with Crippen molar-refractivity contribution in [1.29, 1.82) is 0 Å². The lowest BCUT2D eigenvalue weighted by atomic mass is 10.1. The quantitative estimate of drug-likeness (QED) is 0.558. The summed E-state index contributed by atoms with van der Waals surface area (Å²) in [5.74, 6) is -2.51. The van der Waals surface area contributed by atoms with Crippen LogP contribution in [0.5, 0.6) is 0 Å². The van der Waals surface area contributed by atoms with Crippen LogP contribution in [0, 0.1) is 0 Å². The Morgan fingerprint density at radius 3 is 2.36 bits per heavy atom. The van der Waals surface area contributed by atoms with Crippen molar-refractivity contribution in [2.75, 3.05) is 11.0 Å². The van der Waals surface area contributed by atoms with Gasteiger partial charge in [0.2, 0.25) is 10.0 Å². The predicted molar refractivity (Wildman–Crippen MR) is 90.7 cm³/mol. The predicted octanol–water partition coefficient (Wildman–Crippen LogP) is 1.08. The number of anilines is 1. The summed E-state index contributed by atoms with van der Waals surface area (Å²) in [5, 5.41) is 15.6. The number of nitrogens with one attached hydrogen (secondary N) is 2. The van der Waals surface area contributed by atoms with E-state index in [-0.39, 0.29) is 0 Å². The molecule has 2 rings (SSSR count). The molecule has 2 aromatic rings. The number of imidazole rings is 1. The Hall–Kier alpha value is -3.14. The number of carbonyl (C=O) groups is 2. The molecule has 9 nitrogen and oxygen atoms in total. The van der Waals surface area contributed by atoms with Crippen molar-refractivity contribution >= 4 is 27.6 Å². The van der Waals surface area contributed by atoms with Crippen LogP contribution in [0.25, 0.3) is 0 Å². The topological polar surface area (TPSA) is 149 Å². The summed E-state index contributed by atoms with van der Waals surface area (Å²) in [6, 6.07) is 7.28. The minimum atomic E-state index is -3.23. The normalized spacial score (nSPS) is 10.8. The average molecular weight is 367 g/mol. The molecule has 0 aliphatic carbocycles. The average Bonchev–Trinajstić information content (AvgIpc) is 2.97. The first-order valence-corrected chi connectivity index (χ1v) is 8.73. The summed E-state index contributed by atoms with van der Waals surface area (Å²) >= 11 is 0. The number of rotatable bonds is 6. The molecule has 25 heavy (non-hydrogen) atoms. The van der Waals surface area contributed by atoms with Crippen LogP contribution in [0.2, 0.25) is 0 Å². The van der Waals surface area contributed by atoms with E-state index in [0.717, 1.165) is 17.5 Å². The standard InChI is InChI=1S/C11H13N3O2S.C4H4O4/c1-17(15,16)14-10-4-2-3-9(5-10)6-11-7-12-8-13-11;5-3(6)1-2-4(7)8/h2-5,7-8,14H,6H2,1H3,(H,12,13);1-2H,(H,5,6)(H,7,8)/b;2-1-. The highest BCUT2D eigenvalue weighted by Crippen LogP contribution is 2.14. The van der Waals surface area contributed by atoms with Crippen LogP contribution < -0.4 is 4.72 Å². The molecule has 0 saturated heterocycles. The van der Waals surface area contributed by atoms with Crippen LogP contribution in [0.4, 0.5) is 5.69 Å². The first kappa shape index (κ1) is 19.9. The lowest BCUT2D eigenvalue weighted by Gasteiger charge is -2.05. The van der Waals surface area contributed by atoms with Gasteiger partial charge in [-0.2, -0.15) is 0 Å². The second-order valence-corrected chi connectivity index (χ2v) is 6.59. The molecule has 0 saturated carbocycles. The highest BCUT2D eigenvalue weighted by molar-refractivity contribution is 7.92. The maximum atomic E-state index is 11.1. The zero-order valence-electron chi connectivity index (χ0n) is 13.2. The number of sulfonamides is 1. The summed E-state index contributed by atoms with van der Waals surface area (Å²) in [7, 11) is -3.23. The molecule has 4 N–H and O–H groups in total. The van der Waals surface area contributed by atoms with Crippen LogP contribution in [0.1, 0.15) is 11.3 Å². The van der Waals surface area contributed by atoms with Crippen molar-refractivity contribution in [3.63, 3.8) is 0 Å². The third-order valence-electron chi connectivity index (χ3n) is 2.55. The van der Waals surface area contributed by atoms with Gasteiger partial charge in [-0.25, -0.2) is 23.0 Å². The molecule has 0 spiro atoms. The van der Waals surface area contributed by atoms with Gasteiger partial charge in [0.15, 0.2) is 0 Å². The Morgan fingerprint density at radius 1 is 1.24 bits per heavy atom. The number of benzene rings is 1. The summed E-state index contributed by atoms with van der Waals surface area (Å²) in [4.78, 5) is 26.0. The second-order valence-electron chi connectivity index (χ2n) is 4.84. The van der Waals surface area contributed by atoms with Gasteiger partial charge in [-0.3, -0.25) is 4.72 Å². The third-order valence-corrected chi connectivity index (χ3v) is 3.15. The summed E-state index contributed by atoms with van der Waals surface area (Å²) in [6.45, 7) is 0. The minimum Gasteiger partial charge on any atom is -0.478 e. The van der Waals surface area contributed by atoms with Crippen molar-refractivity contribution in [3.8, 4) is 0 Å². The van der Waals surface area contributed by atoms with Gasteiger partial charge in [0, 0.05) is 36.2 Å². The van der Waals surface area contributed by atoms with E-state index in [1.165, 1.54) is 0 Å². The number of aromatic amines is 1. The molecular weight excluding hydrogens is 350 g/mol. The van der Waals surface area contributed by atoms with Gasteiger partial charge >= 0.3 is 11.9 Å². The molecule has 0 amide bonds. The van der Waals surface area contributed by atoms with Crippen LogP contribution in [0.3, 0.4) is 0 Å². The molecule has 1 heterocycles. The number of carboxylic acid groups (broad SMARTS) is 2. The molecule has 134 valence electrons. The van der Waals surface area contributed by atoms with Gasteiger partial charge in [-0.15, -0.1) is 0 Å². The fourth-order valence-electron chi connectivity index (χ4n) is 1.70. The van der Waals surface area contributed by atoms with Crippen molar-refractivity contribution < 1.29 is 28.2 Å². The number of aliphatic carboxylic acids is 2. The highest BCUT2D eigenvalue weighted by Gasteiger charge is 2.03. The van der Waals surface area contributed by atoms with Gasteiger partial charge in [0.1, 0.15) is 0 Å². The molecule has 0 unspecified atom stereocenters. The molecule has 0 fully saturated rings. The molecular formula is C15H17N3O6S. The fourth-order valence-corrected chi connectivity index (χ4v) is 2.26. The summed E-state index contributed by atoms with van der Waals surface area (Å²) in [5.41, 5.74) is 2.58. The van der Waals surface area contributed by atoms with Gasteiger partial charge in [-0.1, -0.05) is 12.1 Å². The van der Waals surface area contributed by atoms with E-state index >= 15 is 0 Å². The van der Waals surface area contributed by atoms with Crippen molar-refractivity contribution in [3.05, 3.63) is 60.2 Å².